The third-order valence-corrected chi connectivity index (χ3v) is 3.49. The average molecular weight is 289 g/mol. The summed E-state index contributed by atoms with van der Waals surface area (Å²) in [6.45, 7) is 3.55. The molecule has 1 aromatic heterocycles. The predicted octanol–water partition coefficient (Wildman–Crippen LogP) is 0.836. The summed E-state index contributed by atoms with van der Waals surface area (Å²) >= 11 is 4.92. The second-order valence-electron chi connectivity index (χ2n) is 4.65. The lowest BCUT2D eigenvalue weighted by Crippen LogP contribution is -2.33. The molecule has 0 saturated heterocycles. The zero-order valence-corrected chi connectivity index (χ0v) is 12.1. The number of nitrogens with zero attached hydrogens (tertiary/aromatic N) is 1. The zero-order chi connectivity index (χ0) is 14.9. The summed E-state index contributed by atoms with van der Waals surface area (Å²) in [6.07, 6.45) is 0. The summed E-state index contributed by atoms with van der Waals surface area (Å²) in [7, 11) is 0. The molecule has 0 unspecified atom stereocenters. The lowest BCUT2D eigenvalue weighted by atomic mass is 10.1. The smallest absolute Gasteiger partial charge is 0.268 e. The summed E-state index contributed by atoms with van der Waals surface area (Å²) in [4.78, 5) is 24.1. The van der Waals surface area contributed by atoms with Crippen LogP contribution >= 0.6 is 12.2 Å². The molecule has 0 saturated carbocycles. The molecule has 0 aliphatic heterocycles. The Morgan fingerprint density at radius 1 is 1.30 bits per heavy atom. The van der Waals surface area contributed by atoms with Gasteiger partial charge < -0.3 is 5.73 Å². The largest absolute Gasteiger partial charge is 0.389 e. The van der Waals surface area contributed by atoms with Gasteiger partial charge in [0.15, 0.2) is 0 Å². The van der Waals surface area contributed by atoms with Gasteiger partial charge in [-0.2, -0.15) is 0 Å². The van der Waals surface area contributed by atoms with Gasteiger partial charge in [0.1, 0.15) is 4.99 Å². The number of hydrogen-bond acceptors (Lipinski definition) is 3. The van der Waals surface area contributed by atoms with Crippen molar-refractivity contribution in [2.75, 3.05) is 0 Å². The topological polar surface area (TPSA) is 80.9 Å². The summed E-state index contributed by atoms with van der Waals surface area (Å²) < 4.78 is 1.29. The van der Waals surface area contributed by atoms with Crippen LogP contribution in [-0.4, -0.2) is 14.8 Å². The molecule has 5 nitrogen and oxygen atoms in total. The second-order valence-corrected chi connectivity index (χ2v) is 5.09. The summed E-state index contributed by atoms with van der Waals surface area (Å²) in [5.41, 5.74) is 7.60. The molecule has 1 aromatic carbocycles. The van der Waals surface area contributed by atoms with Crippen molar-refractivity contribution in [3.05, 3.63) is 67.2 Å². The third kappa shape index (κ3) is 2.70. The van der Waals surface area contributed by atoms with E-state index in [1.807, 2.05) is 18.2 Å². The Labute approximate surface area is 121 Å². The van der Waals surface area contributed by atoms with E-state index in [-0.39, 0.29) is 17.7 Å². The quantitative estimate of drug-likeness (QED) is 0.820. The highest BCUT2D eigenvalue weighted by molar-refractivity contribution is 7.80. The summed E-state index contributed by atoms with van der Waals surface area (Å²) in [6, 6.07) is 7.27. The molecule has 2 aromatic rings. The normalized spacial score (nSPS) is 10.5. The molecule has 0 radical (unpaired) electrons. The Hall–Kier alpha value is -2.21. The van der Waals surface area contributed by atoms with E-state index in [2.05, 4.69) is 5.10 Å². The minimum Gasteiger partial charge on any atom is -0.389 e. The van der Waals surface area contributed by atoms with E-state index < -0.39 is 0 Å². The maximum Gasteiger partial charge on any atom is 0.268 e. The van der Waals surface area contributed by atoms with Crippen LogP contribution < -0.4 is 16.9 Å². The molecule has 0 fully saturated rings. The number of hydrogen-bond donors (Lipinski definition) is 2. The highest BCUT2D eigenvalue weighted by Crippen LogP contribution is 2.06. The average Bonchev–Trinajstić information content (AvgIpc) is 2.42. The van der Waals surface area contributed by atoms with Crippen molar-refractivity contribution in [1.82, 2.24) is 9.78 Å². The number of thiocarbonyl (C=S) groups is 1. The van der Waals surface area contributed by atoms with Gasteiger partial charge in [-0.1, -0.05) is 30.4 Å². The van der Waals surface area contributed by atoms with E-state index in [1.165, 1.54) is 4.68 Å². The maximum absolute atomic E-state index is 12.1. The molecule has 0 aliphatic carbocycles. The zero-order valence-electron chi connectivity index (χ0n) is 11.3. The van der Waals surface area contributed by atoms with Crippen LogP contribution in [0, 0.1) is 13.8 Å². The standard InChI is InChI=1S/C14H15N3O2S/c1-8-9(2)14(19)17(16-13(8)18)7-10-4-3-5-11(6-10)12(15)20/h3-6H,7H2,1-2H3,(H2,15,20)(H,16,18). The molecule has 3 N–H and O–H groups in total. The number of aromatic nitrogens is 2. The number of H-pyrrole nitrogens is 1. The van der Waals surface area contributed by atoms with Gasteiger partial charge in [0.25, 0.3) is 11.1 Å². The molecule has 0 amide bonds. The fourth-order valence-corrected chi connectivity index (χ4v) is 2.03. The van der Waals surface area contributed by atoms with E-state index in [0.717, 1.165) is 11.1 Å². The van der Waals surface area contributed by atoms with Crippen LogP contribution in [0.2, 0.25) is 0 Å². The van der Waals surface area contributed by atoms with Gasteiger partial charge in [0.05, 0.1) is 6.54 Å². The van der Waals surface area contributed by atoms with Gasteiger partial charge in [0, 0.05) is 16.7 Å². The third-order valence-electron chi connectivity index (χ3n) is 3.26. The first kappa shape index (κ1) is 14.2. The van der Waals surface area contributed by atoms with E-state index in [0.29, 0.717) is 16.1 Å². The van der Waals surface area contributed by atoms with Crippen molar-refractivity contribution in [1.29, 1.82) is 0 Å². The molecule has 0 spiro atoms. The Balaban J connectivity index is 2.46. The van der Waals surface area contributed by atoms with Gasteiger partial charge in [-0.15, -0.1) is 0 Å². The number of benzene rings is 1. The molecule has 0 aliphatic rings. The van der Waals surface area contributed by atoms with Crippen molar-refractivity contribution in [3.63, 3.8) is 0 Å². The Morgan fingerprint density at radius 2 is 2.00 bits per heavy atom. The van der Waals surface area contributed by atoms with Crippen molar-refractivity contribution in [2.45, 2.75) is 20.4 Å². The molecular weight excluding hydrogens is 274 g/mol. The molecule has 0 atom stereocenters. The fraction of sp³-hybridized carbons (Fsp3) is 0.214. The van der Waals surface area contributed by atoms with Crippen LogP contribution in [-0.2, 0) is 6.54 Å². The van der Waals surface area contributed by atoms with E-state index >= 15 is 0 Å². The van der Waals surface area contributed by atoms with E-state index in [1.54, 1.807) is 19.9 Å². The lowest BCUT2D eigenvalue weighted by molar-refractivity contribution is 0.618. The van der Waals surface area contributed by atoms with Crippen LogP contribution in [0.1, 0.15) is 22.3 Å². The number of aromatic amines is 1. The van der Waals surface area contributed by atoms with Crippen molar-refractivity contribution in [2.24, 2.45) is 5.73 Å². The van der Waals surface area contributed by atoms with Gasteiger partial charge in [-0.25, -0.2) is 4.68 Å². The molecule has 0 bridgehead atoms. The minimum absolute atomic E-state index is 0.206. The Morgan fingerprint density at radius 3 is 2.65 bits per heavy atom. The minimum atomic E-state index is -0.257. The second kappa shape index (κ2) is 5.42. The van der Waals surface area contributed by atoms with E-state index in [4.69, 9.17) is 18.0 Å². The molecule has 6 heteroatoms. The molecule has 2 rings (SSSR count). The first-order valence-corrected chi connectivity index (χ1v) is 6.50. The van der Waals surface area contributed by atoms with Crippen LogP contribution in [0.4, 0.5) is 0 Å². The maximum atomic E-state index is 12.1. The van der Waals surface area contributed by atoms with E-state index in [9.17, 15) is 9.59 Å². The van der Waals surface area contributed by atoms with Gasteiger partial charge >= 0.3 is 0 Å². The number of nitrogens with two attached hydrogens (primary N) is 1. The summed E-state index contributed by atoms with van der Waals surface area (Å²) in [5, 5.41) is 2.57. The lowest BCUT2D eigenvalue weighted by Gasteiger charge is -2.09. The number of rotatable bonds is 3. The highest BCUT2D eigenvalue weighted by atomic mass is 32.1. The van der Waals surface area contributed by atoms with Crippen LogP contribution in [0.25, 0.3) is 0 Å². The van der Waals surface area contributed by atoms with Crippen molar-refractivity contribution in [3.8, 4) is 0 Å². The van der Waals surface area contributed by atoms with Crippen molar-refractivity contribution >= 4 is 17.2 Å². The fourth-order valence-electron chi connectivity index (χ4n) is 1.91. The predicted molar refractivity (Wildman–Crippen MR) is 82.2 cm³/mol. The first-order valence-electron chi connectivity index (χ1n) is 6.09. The molecule has 20 heavy (non-hydrogen) atoms. The monoisotopic (exact) mass is 289 g/mol. The molecule has 104 valence electrons. The van der Waals surface area contributed by atoms with Crippen LogP contribution in [0.15, 0.2) is 33.9 Å². The van der Waals surface area contributed by atoms with Gasteiger partial charge in [-0.05, 0) is 25.5 Å². The Kier molecular flexibility index (Phi) is 3.85. The van der Waals surface area contributed by atoms with Crippen LogP contribution in [0.3, 0.4) is 0 Å². The number of nitrogens with one attached hydrogen (secondary N) is 1. The van der Waals surface area contributed by atoms with Gasteiger partial charge in [-0.3, -0.25) is 14.7 Å². The summed E-state index contributed by atoms with van der Waals surface area (Å²) in [5.74, 6) is 0. The Bertz CT molecular complexity index is 790. The SMILES string of the molecule is Cc1c(C)c(=O)n(Cc2cccc(C(N)=S)c2)[nH]c1=O. The van der Waals surface area contributed by atoms with Gasteiger partial charge in [0.2, 0.25) is 0 Å². The van der Waals surface area contributed by atoms with Crippen LogP contribution in [0.5, 0.6) is 0 Å². The molecular formula is C14H15N3O2S. The highest BCUT2D eigenvalue weighted by Gasteiger charge is 2.08. The van der Waals surface area contributed by atoms with Crippen molar-refractivity contribution < 1.29 is 0 Å². The molecule has 1 heterocycles. The first-order chi connectivity index (χ1) is 9.40.